The van der Waals surface area contributed by atoms with Crippen LogP contribution in [0.1, 0.15) is 20.3 Å². The Bertz CT molecular complexity index is 152. The molecule has 3 heteroatoms. The Labute approximate surface area is 66.9 Å². The smallest absolute Gasteiger partial charge is 0.328 e. The zero-order chi connectivity index (χ0) is 8.85. The van der Waals surface area contributed by atoms with Crippen LogP contribution in [0.15, 0.2) is 12.2 Å². The van der Waals surface area contributed by atoms with E-state index in [2.05, 4.69) is 13.8 Å². The van der Waals surface area contributed by atoms with E-state index < -0.39 is 5.97 Å². The third-order valence-electron chi connectivity index (χ3n) is 1.23. The van der Waals surface area contributed by atoms with Gasteiger partial charge in [0.15, 0.2) is 0 Å². The van der Waals surface area contributed by atoms with Gasteiger partial charge in [0, 0.05) is 12.1 Å². The minimum atomic E-state index is -0.941. The van der Waals surface area contributed by atoms with Gasteiger partial charge >= 0.3 is 5.97 Å². The summed E-state index contributed by atoms with van der Waals surface area (Å²) in [5.74, 6) is -0.437. The fourth-order valence-electron chi connectivity index (χ4n) is 0.829. The SMILES string of the molecule is CC(C)CC(N)C=CC(=O)O. The second-order valence-electron chi connectivity index (χ2n) is 2.99. The summed E-state index contributed by atoms with van der Waals surface area (Å²) in [5, 5.41) is 8.25. The van der Waals surface area contributed by atoms with Gasteiger partial charge in [0.2, 0.25) is 0 Å². The van der Waals surface area contributed by atoms with Crippen LogP contribution in [0.2, 0.25) is 0 Å². The standard InChI is InChI=1S/C8H15NO2/c1-6(2)5-7(9)3-4-8(10)11/h3-4,6-7H,5,9H2,1-2H3,(H,10,11). The van der Waals surface area contributed by atoms with Gasteiger partial charge in [0.05, 0.1) is 0 Å². The summed E-state index contributed by atoms with van der Waals surface area (Å²) in [6.07, 6.45) is 3.43. The van der Waals surface area contributed by atoms with Crippen LogP contribution in [0, 0.1) is 5.92 Å². The van der Waals surface area contributed by atoms with Gasteiger partial charge in [-0.05, 0) is 12.3 Å². The van der Waals surface area contributed by atoms with Crippen LogP contribution in [0.25, 0.3) is 0 Å². The Kier molecular flexibility index (Phi) is 4.54. The van der Waals surface area contributed by atoms with E-state index in [0.29, 0.717) is 5.92 Å². The molecule has 1 unspecified atom stereocenters. The molecule has 1 atom stereocenters. The van der Waals surface area contributed by atoms with E-state index in [4.69, 9.17) is 10.8 Å². The van der Waals surface area contributed by atoms with Crippen molar-refractivity contribution in [3.8, 4) is 0 Å². The van der Waals surface area contributed by atoms with E-state index in [1.54, 1.807) is 0 Å². The van der Waals surface area contributed by atoms with Gasteiger partial charge in [-0.1, -0.05) is 19.9 Å². The Morgan fingerprint density at radius 1 is 1.64 bits per heavy atom. The highest BCUT2D eigenvalue weighted by Crippen LogP contribution is 2.02. The van der Waals surface area contributed by atoms with Crippen LogP contribution in [0.5, 0.6) is 0 Å². The van der Waals surface area contributed by atoms with Crippen molar-refractivity contribution in [1.82, 2.24) is 0 Å². The number of rotatable bonds is 4. The van der Waals surface area contributed by atoms with Gasteiger partial charge in [0.1, 0.15) is 0 Å². The average Bonchev–Trinajstić information content (AvgIpc) is 1.82. The summed E-state index contributed by atoms with van der Waals surface area (Å²) in [5.41, 5.74) is 5.57. The molecule has 11 heavy (non-hydrogen) atoms. The van der Waals surface area contributed by atoms with E-state index in [1.807, 2.05) is 0 Å². The lowest BCUT2D eigenvalue weighted by Crippen LogP contribution is -2.19. The van der Waals surface area contributed by atoms with E-state index in [9.17, 15) is 4.79 Å². The van der Waals surface area contributed by atoms with E-state index in [-0.39, 0.29) is 6.04 Å². The Hall–Kier alpha value is -0.830. The monoisotopic (exact) mass is 157 g/mol. The van der Waals surface area contributed by atoms with Crippen LogP contribution in [0.3, 0.4) is 0 Å². The summed E-state index contributed by atoms with van der Waals surface area (Å²) in [6.45, 7) is 4.10. The first-order chi connectivity index (χ1) is 5.02. The maximum absolute atomic E-state index is 10.0. The van der Waals surface area contributed by atoms with E-state index in [1.165, 1.54) is 6.08 Å². The lowest BCUT2D eigenvalue weighted by Gasteiger charge is -2.07. The van der Waals surface area contributed by atoms with Crippen molar-refractivity contribution in [1.29, 1.82) is 0 Å². The van der Waals surface area contributed by atoms with Crippen molar-refractivity contribution < 1.29 is 9.90 Å². The van der Waals surface area contributed by atoms with Crippen LogP contribution in [-0.2, 0) is 4.79 Å². The van der Waals surface area contributed by atoms with E-state index in [0.717, 1.165) is 12.5 Å². The second kappa shape index (κ2) is 4.91. The molecule has 0 aliphatic heterocycles. The minimum Gasteiger partial charge on any atom is -0.478 e. The minimum absolute atomic E-state index is 0.133. The van der Waals surface area contributed by atoms with Crippen molar-refractivity contribution in [3.63, 3.8) is 0 Å². The molecule has 0 amide bonds. The normalized spacial score (nSPS) is 14.2. The third-order valence-corrected chi connectivity index (χ3v) is 1.23. The molecule has 0 fully saturated rings. The molecule has 0 aromatic rings. The molecule has 64 valence electrons. The summed E-state index contributed by atoms with van der Waals surface area (Å²) in [4.78, 5) is 10.0. The molecule has 0 rings (SSSR count). The predicted molar refractivity (Wildman–Crippen MR) is 44.2 cm³/mol. The van der Waals surface area contributed by atoms with Gasteiger partial charge in [-0.15, -0.1) is 0 Å². The highest BCUT2D eigenvalue weighted by atomic mass is 16.4. The lowest BCUT2D eigenvalue weighted by atomic mass is 10.0. The Morgan fingerprint density at radius 3 is 2.55 bits per heavy atom. The number of hydrogen-bond acceptors (Lipinski definition) is 2. The largest absolute Gasteiger partial charge is 0.478 e. The number of hydrogen-bond donors (Lipinski definition) is 2. The van der Waals surface area contributed by atoms with Gasteiger partial charge in [-0.3, -0.25) is 0 Å². The molecular weight excluding hydrogens is 142 g/mol. The summed E-state index contributed by atoms with van der Waals surface area (Å²) in [6, 6.07) is -0.133. The summed E-state index contributed by atoms with van der Waals surface area (Å²) in [7, 11) is 0. The van der Waals surface area contributed by atoms with Crippen LogP contribution >= 0.6 is 0 Å². The number of aliphatic carboxylic acids is 1. The van der Waals surface area contributed by atoms with Crippen molar-refractivity contribution in [3.05, 3.63) is 12.2 Å². The molecule has 0 aromatic carbocycles. The number of carboxylic acids is 1. The Balaban J connectivity index is 3.68. The lowest BCUT2D eigenvalue weighted by molar-refractivity contribution is -0.131. The van der Waals surface area contributed by atoms with Gasteiger partial charge in [-0.25, -0.2) is 4.79 Å². The highest BCUT2D eigenvalue weighted by molar-refractivity contribution is 5.79. The van der Waals surface area contributed by atoms with Crippen molar-refractivity contribution in [2.45, 2.75) is 26.3 Å². The number of carboxylic acid groups (broad SMARTS) is 1. The van der Waals surface area contributed by atoms with Crippen molar-refractivity contribution in [2.24, 2.45) is 11.7 Å². The molecule has 0 spiro atoms. The molecule has 3 nitrogen and oxygen atoms in total. The second-order valence-corrected chi connectivity index (χ2v) is 2.99. The van der Waals surface area contributed by atoms with Crippen LogP contribution < -0.4 is 5.73 Å². The van der Waals surface area contributed by atoms with Crippen LogP contribution in [-0.4, -0.2) is 17.1 Å². The zero-order valence-electron chi connectivity index (χ0n) is 6.95. The molecule has 0 bridgehead atoms. The van der Waals surface area contributed by atoms with Crippen molar-refractivity contribution >= 4 is 5.97 Å². The summed E-state index contributed by atoms with van der Waals surface area (Å²) < 4.78 is 0. The first kappa shape index (κ1) is 10.2. The maximum Gasteiger partial charge on any atom is 0.328 e. The zero-order valence-corrected chi connectivity index (χ0v) is 6.95. The topological polar surface area (TPSA) is 63.3 Å². The first-order valence-electron chi connectivity index (χ1n) is 3.69. The molecule has 0 saturated carbocycles. The molecule has 0 aliphatic carbocycles. The predicted octanol–water partition coefficient (Wildman–Crippen LogP) is 1.00. The molecular formula is C8H15NO2. The number of carbonyl (C=O) groups is 1. The van der Waals surface area contributed by atoms with Crippen molar-refractivity contribution in [2.75, 3.05) is 0 Å². The molecule has 3 N–H and O–H groups in total. The highest BCUT2D eigenvalue weighted by Gasteiger charge is 2.00. The van der Waals surface area contributed by atoms with E-state index >= 15 is 0 Å². The molecule has 0 saturated heterocycles. The fourth-order valence-corrected chi connectivity index (χ4v) is 0.829. The maximum atomic E-state index is 10.0. The quantitative estimate of drug-likeness (QED) is 0.598. The third kappa shape index (κ3) is 7.06. The fraction of sp³-hybridized carbons (Fsp3) is 0.625. The number of nitrogens with two attached hydrogens (primary N) is 1. The first-order valence-corrected chi connectivity index (χ1v) is 3.69. The molecule has 0 radical (unpaired) electrons. The Morgan fingerprint density at radius 2 is 2.18 bits per heavy atom. The van der Waals surface area contributed by atoms with Gasteiger partial charge in [0.25, 0.3) is 0 Å². The van der Waals surface area contributed by atoms with Gasteiger partial charge < -0.3 is 10.8 Å². The molecule has 0 aliphatic rings. The average molecular weight is 157 g/mol. The molecule has 0 aromatic heterocycles. The summed E-state index contributed by atoms with van der Waals surface area (Å²) >= 11 is 0. The molecule has 0 heterocycles. The van der Waals surface area contributed by atoms with Crippen LogP contribution in [0.4, 0.5) is 0 Å². The van der Waals surface area contributed by atoms with Gasteiger partial charge in [-0.2, -0.15) is 0 Å².